The van der Waals surface area contributed by atoms with Crippen LogP contribution in [0.3, 0.4) is 0 Å². The number of ether oxygens (including phenoxy) is 1. The number of nitrogens with one attached hydrogen (secondary N) is 2. The van der Waals surface area contributed by atoms with Crippen LogP contribution in [0.25, 0.3) is 0 Å². The molecule has 7 nitrogen and oxygen atoms in total. The average Bonchev–Trinajstić information content (AvgIpc) is 2.67. The van der Waals surface area contributed by atoms with Crippen molar-refractivity contribution in [2.45, 2.75) is 52.0 Å². The third kappa shape index (κ3) is 6.25. The molecular formula is C21H29N3O4S. The van der Waals surface area contributed by atoms with Gasteiger partial charge in [0, 0.05) is 18.7 Å². The molecule has 1 aromatic carbocycles. The molecule has 0 unspecified atom stereocenters. The molecule has 2 N–H and O–H groups in total. The van der Waals surface area contributed by atoms with Gasteiger partial charge in [0.05, 0.1) is 13.0 Å². The molecule has 29 heavy (non-hydrogen) atoms. The highest BCUT2D eigenvalue weighted by atomic mass is 32.1. The fraction of sp³-hybridized carbons (Fsp3) is 0.524. The highest BCUT2D eigenvalue weighted by Gasteiger charge is 2.34. The van der Waals surface area contributed by atoms with Crippen LogP contribution in [-0.4, -0.2) is 53.5 Å². The lowest BCUT2D eigenvalue weighted by Gasteiger charge is -2.36. The number of piperazine rings is 1. The zero-order valence-corrected chi connectivity index (χ0v) is 18.2. The quantitative estimate of drug-likeness (QED) is 0.562. The number of carbonyl (C=O) groups is 3. The molecule has 0 spiro atoms. The third-order valence-corrected chi connectivity index (χ3v) is 4.99. The number of rotatable bonds is 5. The van der Waals surface area contributed by atoms with Crippen LogP contribution >= 0.6 is 12.2 Å². The van der Waals surface area contributed by atoms with E-state index in [1.807, 2.05) is 19.1 Å². The summed E-state index contributed by atoms with van der Waals surface area (Å²) in [5.41, 5.74) is 1.58. The average molecular weight is 420 g/mol. The van der Waals surface area contributed by atoms with E-state index in [1.54, 1.807) is 17.0 Å². The van der Waals surface area contributed by atoms with Gasteiger partial charge in [0.2, 0.25) is 5.91 Å². The molecule has 8 heteroatoms. The lowest BCUT2D eigenvalue weighted by atomic mass is 9.87. The van der Waals surface area contributed by atoms with Crippen molar-refractivity contribution in [3.63, 3.8) is 0 Å². The van der Waals surface area contributed by atoms with E-state index in [0.717, 1.165) is 5.56 Å². The van der Waals surface area contributed by atoms with Crippen LogP contribution in [0.2, 0.25) is 0 Å². The van der Waals surface area contributed by atoms with E-state index >= 15 is 0 Å². The Morgan fingerprint density at radius 2 is 1.93 bits per heavy atom. The van der Waals surface area contributed by atoms with Crippen molar-refractivity contribution in [3.05, 3.63) is 35.4 Å². The smallest absolute Gasteiger partial charge is 0.308 e. The Labute approximate surface area is 177 Å². The van der Waals surface area contributed by atoms with Crippen LogP contribution in [0.5, 0.6) is 0 Å². The molecule has 0 aromatic heterocycles. The summed E-state index contributed by atoms with van der Waals surface area (Å²) < 4.78 is 5.08. The van der Waals surface area contributed by atoms with Gasteiger partial charge in [-0.05, 0) is 41.7 Å². The van der Waals surface area contributed by atoms with Gasteiger partial charge < -0.3 is 15.0 Å². The fourth-order valence-corrected chi connectivity index (χ4v) is 3.27. The Hall–Kier alpha value is -2.48. The van der Waals surface area contributed by atoms with Crippen LogP contribution in [0.15, 0.2) is 24.3 Å². The molecule has 1 aliphatic heterocycles. The summed E-state index contributed by atoms with van der Waals surface area (Å²) >= 11 is 5.37. The standard InChI is InChI=1S/C21H29N3O4S/c1-5-12-28-17(25)13-16-19(27)22-10-11-24(16)20(29)23-18(26)14-6-8-15(9-7-14)21(2,3)4/h6-9,16H,5,10-13H2,1-4H3,(H,22,27)(H,23,26,29)/t16-/m1/s1. The minimum Gasteiger partial charge on any atom is -0.466 e. The van der Waals surface area contributed by atoms with E-state index < -0.39 is 12.0 Å². The lowest BCUT2D eigenvalue weighted by Crippen LogP contribution is -2.60. The topological polar surface area (TPSA) is 87.7 Å². The Balaban J connectivity index is 2.05. The Bertz CT molecular complexity index is 771. The number of nitrogens with zero attached hydrogens (tertiary/aromatic N) is 1. The molecule has 1 saturated heterocycles. The molecule has 2 amide bonds. The lowest BCUT2D eigenvalue weighted by molar-refractivity contribution is -0.147. The predicted molar refractivity (Wildman–Crippen MR) is 115 cm³/mol. The second-order valence-electron chi connectivity index (χ2n) is 8.01. The van der Waals surface area contributed by atoms with Crippen molar-refractivity contribution >= 4 is 35.1 Å². The summed E-state index contributed by atoms with van der Waals surface area (Å²) in [6, 6.07) is 6.53. The van der Waals surface area contributed by atoms with Crippen LogP contribution in [0.1, 0.15) is 56.5 Å². The van der Waals surface area contributed by atoms with Crippen molar-refractivity contribution < 1.29 is 19.1 Å². The Morgan fingerprint density at radius 1 is 1.28 bits per heavy atom. The van der Waals surface area contributed by atoms with Crippen molar-refractivity contribution in [3.8, 4) is 0 Å². The first-order valence-corrected chi connectivity index (χ1v) is 10.2. The monoisotopic (exact) mass is 419 g/mol. The van der Waals surface area contributed by atoms with Crippen LogP contribution in [0.4, 0.5) is 0 Å². The first-order valence-electron chi connectivity index (χ1n) is 9.79. The van der Waals surface area contributed by atoms with Gasteiger partial charge in [-0.15, -0.1) is 0 Å². The summed E-state index contributed by atoms with van der Waals surface area (Å²) in [6.07, 6.45) is 0.580. The van der Waals surface area contributed by atoms with E-state index in [1.165, 1.54) is 0 Å². The van der Waals surface area contributed by atoms with Gasteiger partial charge in [0.15, 0.2) is 5.11 Å². The van der Waals surface area contributed by atoms with Crippen molar-refractivity contribution in [2.24, 2.45) is 0 Å². The second kappa shape index (κ2) is 9.82. The normalized spacial score (nSPS) is 16.8. The Morgan fingerprint density at radius 3 is 2.52 bits per heavy atom. The molecule has 1 aromatic rings. The van der Waals surface area contributed by atoms with E-state index in [-0.39, 0.29) is 28.8 Å². The summed E-state index contributed by atoms with van der Waals surface area (Å²) in [4.78, 5) is 38.4. The molecule has 1 heterocycles. The van der Waals surface area contributed by atoms with Gasteiger partial charge in [0.25, 0.3) is 5.91 Å². The van der Waals surface area contributed by atoms with Gasteiger partial charge >= 0.3 is 5.97 Å². The molecule has 2 rings (SSSR count). The van der Waals surface area contributed by atoms with Crippen molar-refractivity contribution in [1.82, 2.24) is 15.5 Å². The first kappa shape index (κ1) is 22.8. The number of carbonyl (C=O) groups excluding carboxylic acids is 3. The second-order valence-corrected chi connectivity index (χ2v) is 8.40. The zero-order chi connectivity index (χ0) is 21.6. The van der Waals surface area contributed by atoms with Crippen molar-refractivity contribution in [1.29, 1.82) is 0 Å². The maximum atomic E-state index is 12.6. The molecule has 0 bridgehead atoms. The van der Waals surface area contributed by atoms with E-state index in [2.05, 4.69) is 31.4 Å². The first-order chi connectivity index (χ1) is 13.6. The van der Waals surface area contributed by atoms with Crippen LogP contribution < -0.4 is 10.6 Å². The van der Waals surface area contributed by atoms with Crippen LogP contribution in [0, 0.1) is 0 Å². The van der Waals surface area contributed by atoms with Gasteiger partial charge in [-0.1, -0.05) is 39.8 Å². The predicted octanol–water partition coefficient (Wildman–Crippen LogP) is 2.14. The summed E-state index contributed by atoms with van der Waals surface area (Å²) in [5.74, 6) is -1.13. The molecule has 1 aliphatic rings. The molecular weight excluding hydrogens is 390 g/mol. The minimum absolute atomic E-state index is 0.00885. The number of hydrogen-bond donors (Lipinski definition) is 2. The van der Waals surface area contributed by atoms with Crippen LogP contribution in [-0.2, 0) is 19.7 Å². The molecule has 0 saturated carbocycles. The largest absolute Gasteiger partial charge is 0.466 e. The third-order valence-electron chi connectivity index (χ3n) is 4.65. The molecule has 0 radical (unpaired) electrons. The van der Waals surface area contributed by atoms with E-state index in [4.69, 9.17) is 17.0 Å². The molecule has 1 fully saturated rings. The Kier molecular flexibility index (Phi) is 7.73. The maximum Gasteiger partial charge on any atom is 0.308 e. The molecule has 158 valence electrons. The van der Waals surface area contributed by atoms with E-state index in [0.29, 0.717) is 31.7 Å². The summed E-state index contributed by atoms with van der Waals surface area (Å²) in [5, 5.41) is 5.52. The number of benzene rings is 1. The number of hydrogen-bond acceptors (Lipinski definition) is 5. The minimum atomic E-state index is -0.802. The molecule has 0 aliphatic carbocycles. The van der Waals surface area contributed by atoms with Crippen molar-refractivity contribution in [2.75, 3.05) is 19.7 Å². The zero-order valence-electron chi connectivity index (χ0n) is 17.4. The van der Waals surface area contributed by atoms with Gasteiger partial charge in [-0.3, -0.25) is 19.7 Å². The summed E-state index contributed by atoms with van der Waals surface area (Å²) in [7, 11) is 0. The maximum absolute atomic E-state index is 12.6. The van der Waals surface area contributed by atoms with Gasteiger partial charge in [0.1, 0.15) is 6.04 Å². The summed E-state index contributed by atoms with van der Waals surface area (Å²) in [6.45, 7) is 9.29. The van der Waals surface area contributed by atoms with Gasteiger partial charge in [-0.25, -0.2) is 0 Å². The fourth-order valence-electron chi connectivity index (χ4n) is 2.96. The van der Waals surface area contributed by atoms with Gasteiger partial charge in [-0.2, -0.15) is 0 Å². The SMILES string of the molecule is CCCOC(=O)C[C@@H]1C(=O)NCCN1C(=S)NC(=O)c1ccc(C(C)(C)C)cc1. The number of amides is 2. The number of thiocarbonyl (C=S) groups is 1. The van der Waals surface area contributed by atoms with E-state index in [9.17, 15) is 14.4 Å². The number of esters is 1. The molecule has 1 atom stereocenters. The highest BCUT2D eigenvalue weighted by molar-refractivity contribution is 7.80. The highest BCUT2D eigenvalue weighted by Crippen LogP contribution is 2.22.